The van der Waals surface area contributed by atoms with E-state index in [1.54, 1.807) is 16.8 Å². The molecule has 0 spiro atoms. The van der Waals surface area contributed by atoms with Crippen molar-refractivity contribution < 1.29 is 9.66 Å². The zero-order chi connectivity index (χ0) is 17.9. The first-order valence-electron chi connectivity index (χ1n) is 7.72. The summed E-state index contributed by atoms with van der Waals surface area (Å²) in [6, 6.07) is 3.57. The van der Waals surface area contributed by atoms with Crippen LogP contribution in [0.2, 0.25) is 5.15 Å². The smallest absolute Gasteiger partial charge is 0.353 e. The van der Waals surface area contributed by atoms with Crippen molar-refractivity contribution in [3.05, 3.63) is 44.9 Å². The maximum atomic E-state index is 11.7. The molecule has 0 bridgehead atoms. The van der Waals surface area contributed by atoms with Gasteiger partial charge in [0.2, 0.25) is 5.75 Å². The Labute approximate surface area is 146 Å². The molecule has 0 aliphatic heterocycles. The maximum absolute atomic E-state index is 11.7. The lowest BCUT2D eigenvalue weighted by Gasteiger charge is -2.23. The molecular formula is C16H21ClN4O3. The second-order valence-corrected chi connectivity index (χ2v) is 5.73. The van der Waals surface area contributed by atoms with E-state index in [0.717, 1.165) is 11.3 Å². The molecule has 0 saturated carbocycles. The molecule has 8 heteroatoms. The highest BCUT2D eigenvalue weighted by atomic mass is 35.5. The van der Waals surface area contributed by atoms with Crippen LogP contribution < -0.4 is 9.64 Å². The second kappa shape index (κ2) is 7.53. The van der Waals surface area contributed by atoms with Crippen LogP contribution in [0.5, 0.6) is 5.75 Å². The lowest BCUT2D eigenvalue weighted by molar-refractivity contribution is -0.385. The number of hydrogen-bond acceptors (Lipinski definition) is 5. The van der Waals surface area contributed by atoms with Crippen LogP contribution in [0.4, 0.5) is 11.5 Å². The predicted octanol–water partition coefficient (Wildman–Crippen LogP) is 3.72. The fourth-order valence-corrected chi connectivity index (χ4v) is 2.76. The summed E-state index contributed by atoms with van der Waals surface area (Å²) in [5.41, 5.74) is 1.65. The van der Waals surface area contributed by atoms with Crippen molar-refractivity contribution in [1.82, 2.24) is 9.55 Å². The van der Waals surface area contributed by atoms with Gasteiger partial charge in [0.1, 0.15) is 5.15 Å². The molecule has 7 nitrogen and oxygen atoms in total. The molecule has 0 atom stereocenters. The van der Waals surface area contributed by atoms with Crippen LogP contribution >= 0.6 is 11.6 Å². The monoisotopic (exact) mass is 352 g/mol. The summed E-state index contributed by atoms with van der Waals surface area (Å²) in [7, 11) is 1.81. The van der Waals surface area contributed by atoms with Crippen LogP contribution in [0.15, 0.2) is 18.3 Å². The molecule has 2 rings (SSSR count). The lowest BCUT2D eigenvalue weighted by atomic mass is 10.2. The molecule has 0 aromatic carbocycles. The van der Waals surface area contributed by atoms with Crippen molar-refractivity contribution in [2.45, 2.75) is 27.3 Å². The van der Waals surface area contributed by atoms with E-state index in [1.807, 2.05) is 38.8 Å². The normalized spacial score (nSPS) is 10.7. The minimum Gasteiger partial charge on any atom is -0.486 e. The Kier molecular flexibility index (Phi) is 5.66. The van der Waals surface area contributed by atoms with E-state index in [2.05, 4.69) is 4.98 Å². The van der Waals surface area contributed by atoms with Crippen molar-refractivity contribution in [3.63, 3.8) is 0 Å². The highest BCUT2D eigenvalue weighted by Crippen LogP contribution is 2.42. The molecule has 0 unspecified atom stereocenters. The van der Waals surface area contributed by atoms with E-state index in [-0.39, 0.29) is 10.6 Å². The number of hydrogen-bond donors (Lipinski definition) is 0. The SMILES string of the molecule is CCOc1c([N+](=O)[O-])c(N(CC)Cc2ccc(Cl)nc2)n(C)c1C. The first-order valence-corrected chi connectivity index (χ1v) is 8.10. The van der Waals surface area contributed by atoms with E-state index in [4.69, 9.17) is 16.3 Å². The fraction of sp³-hybridized carbons (Fsp3) is 0.438. The standard InChI is InChI=1S/C16H21ClN4O3/c1-5-20(10-12-7-8-13(17)18-9-12)16-14(21(22)23)15(24-6-2)11(3)19(16)4/h7-9H,5-6,10H2,1-4H3. The van der Waals surface area contributed by atoms with Crippen molar-refractivity contribution in [3.8, 4) is 5.75 Å². The van der Waals surface area contributed by atoms with Gasteiger partial charge in [-0.05, 0) is 32.4 Å². The first-order chi connectivity index (χ1) is 11.4. The highest BCUT2D eigenvalue weighted by molar-refractivity contribution is 6.29. The van der Waals surface area contributed by atoms with Gasteiger partial charge in [0.25, 0.3) is 0 Å². The summed E-state index contributed by atoms with van der Waals surface area (Å²) in [5.74, 6) is 0.853. The Hall–Kier alpha value is -2.28. The fourth-order valence-electron chi connectivity index (χ4n) is 2.64. The topological polar surface area (TPSA) is 73.4 Å². The number of rotatable bonds is 7. The third-order valence-corrected chi connectivity index (χ3v) is 4.11. The Morgan fingerprint density at radius 2 is 2.12 bits per heavy atom. The van der Waals surface area contributed by atoms with Crippen LogP contribution in [-0.4, -0.2) is 27.6 Å². The molecule has 0 aliphatic rings. The zero-order valence-electron chi connectivity index (χ0n) is 14.2. The van der Waals surface area contributed by atoms with E-state index < -0.39 is 0 Å². The highest BCUT2D eigenvalue weighted by Gasteiger charge is 2.32. The summed E-state index contributed by atoms with van der Waals surface area (Å²) in [6.45, 7) is 7.05. The zero-order valence-corrected chi connectivity index (χ0v) is 15.0. The van der Waals surface area contributed by atoms with Gasteiger partial charge in [-0.15, -0.1) is 0 Å². The van der Waals surface area contributed by atoms with Crippen LogP contribution in [0.1, 0.15) is 25.1 Å². The van der Waals surface area contributed by atoms with Gasteiger partial charge in [0.15, 0.2) is 5.82 Å². The molecular weight excluding hydrogens is 332 g/mol. The third kappa shape index (κ3) is 3.46. The van der Waals surface area contributed by atoms with Crippen molar-refractivity contribution >= 4 is 23.1 Å². The summed E-state index contributed by atoms with van der Waals surface area (Å²) < 4.78 is 7.33. The molecule has 0 saturated heterocycles. The minimum atomic E-state index is -0.379. The maximum Gasteiger partial charge on any atom is 0.353 e. The Bertz CT molecular complexity index is 728. The van der Waals surface area contributed by atoms with Crippen molar-refractivity contribution in [2.24, 2.45) is 7.05 Å². The Balaban J connectivity index is 2.49. The van der Waals surface area contributed by atoms with E-state index in [1.165, 1.54) is 0 Å². The predicted molar refractivity (Wildman–Crippen MR) is 93.9 cm³/mol. The number of nitrogens with zero attached hydrogens (tertiary/aromatic N) is 4. The molecule has 2 aromatic heterocycles. The molecule has 0 fully saturated rings. The number of aromatic nitrogens is 2. The lowest BCUT2D eigenvalue weighted by Crippen LogP contribution is -2.25. The summed E-state index contributed by atoms with van der Waals surface area (Å²) in [5, 5.41) is 12.1. The average Bonchev–Trinajstić information content (AvgIpc) is 2.80. The molecule has 2 aromatic rings. The molecule has 130 valence electrons. The van der Waals surface area contributed by atoms with Gasteiger partial charge in [-0.1, -0.05) is 17.7 Å². The van der Waals surface area contributed by atoms with Crippen LogP contribution in [-0.2, 0) is 13.6 Å². The molecule has 0 N–H and O–H groups in total. The largest absolute Gasteiger partial charge is 0.486 e. The number of anilines is 1. The van der Waals surface area contributed by atoms with Gasteiger partial charge in [0.05, 0.1) is 17.2 Å². The second-order valence-electron chi connectivity index (χ2n) is 5.34. The molecule has 24 heavy (non-hydrogen) atoms. The summed E-state index contributed by atoms with van der Waals surface area (Å²) >= 11 is 5.82. The minimum absolute atomic E-state index is 0.000577. The molecule has 0 radical (unpaired) electrons. The number of nitro groups is 1. The van der Waals surface area contributed by atoms with Gasteiger partial charge < -0.3 is 14.2 Å². The number of halogens is 1. The summed E-state index contributed by atoms with van der Waals surface area (Å²) in [6.07, 6.45) is 1.68. The van der Waals surface area contributed by atoms with Crippen LogP contribution in [0.25, 0.3) is 0 Å². The average molecular weight is 353 g/mol. The van der Waals surface area contributed by atoms with Gasteiger partial charge in [-0.2, -0.15) is 0 Å². The Morgan fingerprint density at radius 3 is 2.62 bits per heavy atom. The van der Waals surface area contributed by atoms with Crippen LogP contribution in [0.3, 0.4) is 0 Å². The van der Waals surface area contributed by atoms with Gasteiger partial charge in [0, 0.05) is 26.3 Å². The number of pyridine rings is 1. The third-order valence-electron chi connectivity index (χ3n) is 3.89. The first kappa shape index (κ1) is 18.1. The Morgan fingerprint density at radius 1 is 1.42 bits per heavy atom. The van der Waals surface area contributed by atoms with E-state index in [0.29, 0.717) is 36.4 Å². The van der Waals surface area contributed by atoms with Crippen molar-refractivity contribution in [2.75, 3.05) is 18.1 Å². The summed E-state index contributed by atoms with van der Waals surface area (Å²) in [4.78, 5) is 17.3. The quantitative estimate of drug-likeness (QED) is 0.431. The van der Waals surface area contributed by atoms with E-state index >= 15 is 0 Å². The molecule has 2 heterocycles. The molecule has 0 amide bonds. The van der Waals surface area contributed by atoms with Gasteiger partial charge in [-0.3, -0.25) is 10.1 Å². The number of ether oxygens (including phenoxy) is 1. The van der Waals surface area contributed by atoms with Gasteiger partial charge in [-0.25, -0.2) is 4.98 Å². The molecule has 0 aliphatic carbocycles. The van der Waals surface area contributed by atoms with Gasteiger partial charge >= 0.3 is 5.69 Å². The van der Waals surface area contributed by atoms with E-state index in [9.17, 15) is 10.1 Å². The van der Waals surface area contributed by atoms with Crippen molar-refractivity contribution in [1.29, 1.82) is 0 Å². The van der Waals surface area contributed by atoms with Crippen LogP contribution in [0, 0.1) is 17.0 Å².